The Hall–Kier alpha value is -4.99. The average molecular weight is 750 g/mol. The fourth-order valence-electron chi connectivity index (χ4n) is 7.80. The number of nitrogens with zero attached hydrogens (tertiary/aromatic N) is 5. The van der Waals surface area contributed by atoms with Crippen LogP contribution < -0.4 is 25.6 Å². The Labute approximate surface area is 316 Å². The summed E-state index contributed by atoms with van der Waals surface area (Å²) in [6, 6.07) is 18.3. The highest BCUT2D eigenvalue weighted by Gasteiger charge is 2.37. The zero-order valence-corrected chi connectivity index (χ0v) is 32.5. The summed E-state index contributed by atoms with van der Waals surface area (Å²) in [5, 5.41) is 7.92. The molecule has 3 aromatic carbocycles. The van der Waals surface area contributed by atoms with Crippen LogP contribution in [0.3, 0.4) is 0 Å². The van der Waals surface area contributed by atoms with Gasteiger partial charge in [-0.2, -0.15) is 0 Å². The number of carbonyl (C=O) groups is 1. The molecule has 2 aliphatic heterocycles. The topological polar surface area (TPSA) is 105 Å². The standard InChI is InChI=1S/C42H49FN7O3P/c1-6-39(51)45-33-24-34(37(53-7-2)25-36(33)49-22-18-42(19-23-49)16-20-48(3)21-17-42)46-41-44-26-38(54(4,5)52)40(47-41)32-28-50(35-11-9-8-10-31(32)35)27-29-12-14-30(43)15-13-29/h6,8-15,24-26,28H,1,7,16-23,27H2,2-5H3,(H,45,51)(H,44,46,47). The maximum absolute atomic E-state index is 13.7. The Morgan fingerprint density at radius 2 is 1.72 bits per heavy atom. The number of piperidine rings is 2. The maximum atomic E-state index is 13.7. The zero-order valence-electron chi connectivity index (χ0n) is 31.6. The molecule has 2 N–H and O–H groups in total. The van der Waals surface area contributed by atoms with Gasteiger partial charge in [-0.05, 0) is 107 Å². The molecule has 0 saturated carbocycles. The first-order valence-electron chi connectivity index (χ1n) is 18.7. The van der Waals surface area contributed by atoms with Gasteiger partial charge in [-0.3, -0.25) is 4.79 Å². The minimum Gasteiger partial charge on any atom is -0.492 e. The lowest BCUT2D eigenvalue weighted by Crippen LogP contribution is -2.46. The molecule has 2 fully saturated rings. The lowest BCUT2D eigenvalue weighted by Gasteiger charge is -2.47. The van der Waals surface area contributed by atoms with Gasteiger partial charge in [0.05, 0.1) is 34.7 Å². The van der Waals surface area contributed by atoms with Gasteiger partial charge in [0.2, 0.25) is 11.9 Å². The van der Waals surface area contributed by atoms with Gasteiger partial charge < -0.3 is 34.3 Å². The molecule has 54 heavy (non-hydrogen) atoms. The summed E-state index contributed by atoms with van der Waals surface area (Å²) in [7, 11) is -0.645. The number of hydrogen-bond acceptors (Lipinski definition) is 8. The van der Waals surface area contributed by atoms with Crippen LogP contribution in [0, 0.1) is 11.2 Å². The van der Waals surface area contributed by atoms with Gasteiger partial charge in [-0.25, -0.2) is 14.4 Å². The number of anilines is 4. The third kappa shape index (κ3) is 7.93. The van der Waals surface area contributed by atoms with Gasteiger partial charge >= 0.3 is 0 Å². The smallest absolute Gasteiger partial charge is 0.247 e. The number of halogens is 1. The number of fused-ring (bicyclic) bond motifs is 1. The fraction of sp³-hybridized carbons (Fsp3) is 0.357. The monoisotopic (exact) mass is 749 g/mol. The molecule has 0 aliphatic carbocycles. The van der Waals surface area contributed by atoms with Crippen LogP contribution in [0.15, 0.2) is 85.7 Å². The Kier molecular flexibility index (Phi) is 10.6. The van der Waals surface area contributed by atoms with Crippen molar-refractivity contribution in [3.63, 3.8) is 0 Å². The summed E-state index contributed by atoms with van der Waals surface area (Å²) >= 11 is 0. The quantitative estimate of drug-likeness (QED) is 0.103. The molecule has 5 aromatic rings. The van der Waals surface area contributed by atoms with E-state index < -0.39 is 7.14 Å². The van der Waals surface area contributed by atoms with Crippen LogP contribution in [0.25, 0.3) is 22.2 Å². The molecule has 2 aromatic heterocycles. The van der Waals surface area contributed by atoms with Crippen molar-refractivity contribution in [1.82, 2.24) is 19.4 Å². The molecule has 282 valence electrons. The van der Waals surface area contributed by atoms with Gasteiger partial charge in [-0.15, -0.1) is 0 Å². The van der Waals surface area contributed by atoms with E-state index in [1.165, 1.54) is 31.1 Å². The fourth-order valence-corrected chi connectivity index (χ4v) is 8.82. The van der Waals surface area contributed by atoms with Crippen LogP contribution in [0.1, 0.15) is 38.2 Å². The van der Waals surface area contributed by atoms with E-state index in [0.717, 1.165) is 66.7 Å². The van der Waals surface area contributed by atoms with Crippen molar-refractivity contribution in [2.75, 3.05) is 68.7 Å². The van der Waals surface area contributed by atoms with Crippen LogP contribution in [-0.4, -0.2) is 78.5 Å². The molecule has 1 spiro atoms. The van der Waals surface area contributed by atoms with E-state index in [4.69, 9.17) is 9.72 Å². The van der Waals surface area contributed by atoms with E-state index >= 15 is 0 Å². The molecular formula is C42H49FN7O3P. The van der Waals surface area contributed by atoms with Gasteiger partial charge in [0, 0.05) is 54.6 Å². The van der Waals surface area contributed by atoms with Crippen LogP contribution in [0.2, 0.25) is 0 Å². The largest absolute Gasteiger partial charge is 0.492 e. The molecule has 4 heterocycles. The van der Waals surface area contributed by atoms with E-state index in [0.29, 0.717) is 46.7 Å². The summed E-state index contributed by atoms with van der Waals surface area (Å²) in [6.07, 6.45) is 9.54. The number of amides is 1. The summed E-state index contributed by atoms with van der Waals surface area (Å²) in [5.41, 5.74) is 5.76. The molecule has 12 heteroatoms. The summed E-state index contributed by atoms with van der Waals surface area (Å²) in [6.45, 7) is 14.0. The number of rotatable bonds is 11. The van der Waals surface area contributed by atoms with E-state index in [-0.39, 0.29) is 17.7 Å². The van der Waals surface area contributed by atoms with E-state index in [9.17, 15) is 13.8 Å². The predicted octanol–water partition coefficient (Wildman–Crippen LogP) is 8.11. The van der Waals surface area contributed by atoms with Gasteiger partial charge in [0.1, 0.15) is 18.7 Å². The second kappa shape index (κ2) is 15.4. The minimum atomic E-state index is -2.84. The highest BCUT2D eigenvalue weighted by Crippen LogP contribution is 2.46. The molecule has 1 amide bonds. The Balaban J connectivity index is 1.26. The third-order valence-corrected chi connectivity index (χ3v) is 12.4. The highest BCUT2D eigenvalue weighted by molar-refractivity contribution is 7.70. The van der Waals surface area contributed by atoms with Crippen molar-refractivity contribution >= 4 is 52.3 Å². The number of nitrogens with one attached hydrogen (secondary N) is 2. The summed E-state index contributed by atoms with van der Waals surface area (Å²) < 4.78 is 35.8. The molecule has 2 saturated heterocycles. The molecule has 7 rings (SSSR count). The molecule has 0 atom stereocenters. The normalized spacial score (nSPS) is 16.1. The number of likely N-dealkylation sites (tertiary alicyclic amines) is 1. The van der Waals surface area contributed by atoms with Crippen molar-refractivity contribution in [2.45, 2.75) is 39.2 Å². The first-order chi connectivity index (χ1) is 25.9. The van der Waals surface area contributed by atoms with Crippen LogP contribution in [0.4, 0.5) is 27.4 Å². The van der Waals surface area contributed by atoms with Crippen molar-refractivity contribution in [3.8, 4) is 17.0 Å². The first kappa shape index (κ1) is 37.3. The average Bonchev–Trinajstić information content (AvgIpc) is 3.52. The maximum Gasteiger partial charge on any atom is 0.247 e. The molecule has 0 bridgehead atoms. The van der Waals surface area contributed by atoms with E-state index in [1.54, 1.807) is 31.7 Å². The lowest BCUT2D eigenvalue weighted by molar-refractivity contribution is -0.111. The van der Waals surface area contributed by atoms with Crippen LogP contribution in [0.5, 0.6) is 5.75 Å². The lowest BCUT2D eigenvalue weighted by atomic mass is 9.71. The first-order valence-corrected chi connectivity index (χ1v) is 21.3. The van der Waals surface area contributed by atoms with Crippen LogP contribution >= 0.6 is 7.14 Å². The molecule has 2 aliphatic rings. The summed E-state index contributed by atoms with van der Waals surface area (Å²) in [5.74, 6) is 0.297. The number of benzene rings is 3. The molecule has 0 unspecified atom stereocenters. The molecular weight excluding hydrogens is 700 g/mol. The number of hydrogen-bond donors (Lipinski definition) is 2. The number of ether oxygens (including phenoxy) is 1. The van der Waals surface area contributed by atoms with Crippen molar-refractivity contribution in [3.05, 3.63) is 97.1 Å². The third-order valence-electron chi connectivity index (χ3n) is 11.0. The highest BCUT2D eigenvalue weighted by atomic mass is 31.2. The Morgan fingerprint density at radius 1 is 1.02 bits per heavy atom. The molecule has 0 radical (unpaired) electrons. The molecule has 10 nitrogen and oxygen atoms in total. The predicted molar refractivity (Wildman–Crippen MR) is 218 cm³/mol. The SMILES string of the molecule is C=CC(=O)Nc1cc(Nc2ncc(P(C)(C)=O)c(-c3cn(Cc4ccc(F)cc4)c4ccccc34)n2)c(OCC)cc1N1CCC2(CCN(C)CC2)CC1. The Bertz CT molecular complexity index is 2210. The second-order valence-electron chi connectivity index (χ2n) is 15.0. The van der Waals surface area contributed by atoms with Crippen molar-refractivity contribution < 1.29 is 18.5 Å². The van der Waals surface area contributed by atoms with E-state index in [1.807, 2.05) is 49.5 Å². The number of para-hydroxylation sites is 1. The van der Waals surface area contributed by atoms with Gasteiger partial charge in [0.15, 0.2) is 0 Å². The second-order valence-corrected chi connectivity index (χ2v) is 18.2. The number of aromatic nitrogens is 3. The van der Waals surface area contributed by atoms with Crippen LogP contribution in [-0.2, 0) is 15.9 Å². The van der Waals surface area contributed by atoms with Gasteiger partial charge in [-0.1, -0.05) is 36.9 Å². The Morgan fingerprint density at radius 3 is 2.41 bits per heavy atom. The zero-order chi connectivity index (χ0) is 38.0. The minimum absolute atomic E-state index is 0.283. The summed E-state index contributed by atoms with van der Waals surface area (Å²) in [4.78, 5) is 27.2. The van der Waals surface area contributed by atoms with E-state index in [2.05, 4.69) is 43.6 Å². The van der Waals surface area contributed by atoms with Crippen molar-refractivity contribution in [1.29, 1.82) is 0 Å². The number of carbonyl (C=O) groups excluding carboxylic acids is 1. The van der Waals surface area contributed by atoms with Gasteiger partial charge in [0.25, 0.3) is 0 Å². The van der Waals surface area contributed by atoms with Crippen molar-refractivity contribution in [2.24, 2.45) is 5.41 Å².